The van der Waals surface area contributed by atoms with Crippen LogP contribution in [0.4, 0.5) is 0 Å². The third-order valence-corrected chi connectivity index (χ3v) is 7.80. The molecule has 6 rings (SSSR count). The minimum atomic E-state index is 0.237. The highest BCUT2D eigenvalue weighted by Crippen LogP contribution is 2.51. The molecule has 29 heavy (non-hydrogen) atoms. The second-order valence-corrected chi connectivity index (χ2v) is 9.32. The van der Waals surface area contributed by atoms with E-state index in [-0.39, 0.29) is 5.92 Å². The van der Waals surface area contributed by atoms with Crippen LogP contribution in [0.2, 0.25) is 0 Å². The lowest BCUT2D eigenvalue weighted by molar-refractivity contribution is 0.120. The lowest BCUT2D eigenvalue weighted by Crippen LogP contribution is -2.44. The van der Waals surface area contributed by atoms with E-state index >= 15 is 0 Å². The van der Waals surface area contributed by atoms with Gasteiger partial charge in [-0.15, -0.1) is 11.3 Å². The standard InChI is InChI=1S/C24H23N3OS/c1-27-18-10-11-20(27)22(24-25-23(26-28-24)21-7-4-12-29-21)19(14-18)17-9-8-15-5-2-3-6-16(15)13-17/h2-9,12-13,18-20,22H,10-11,14H2,1H3/t18-,19+,20+,22-/m0/s1. The number of rotatable bonds is 3. The molecule has 2 aromatic carbocycles. The van der Waals surface area contributed by atoms with Gasteiger partial charge < -0.3 is 4.52 Å². The van der Waals surface area contributed by atoms with Gasteiger partial charge in [0.2, 0.25) is 11.7 Å². The normalized spacial score (nSPS) is 26.9. The summed E-state index contributed by atoms with van der Waals surface area (Å²) in [6, 6.07) is 20.7. The summed E-state index contributed by atoms with van der Waals surface area (Å²) in [5.41, 5.74) is 1.40. The van der Waals surface area contributed by atoms with Gasteiger partial charge in [0, 0.05) is 12.1 Å². The predicted molar refractivity (Wildman–Crippen MR) is 116 cm³/mol. The fraction of sp³-hybridized carbons (Fsp3) is 0.333. The first kappa shape index (κ1) is 17.4. The summed E-state index contributed by atoms with van der Waals surface area (Å²) < 4.78 is 5.88. The minimum absolute atomic E-state index is 0.237. The molecular formula is C24H23N3OS. The molecule has 4 aromatic rings. The van der Waals surface area contributed by atoms with Crippen molar-refractivity contribution in [3.05, 3.63) is 71.4 Å². The number of fused-ring (bicyclic) bond motifs is 3. The van der Waals surface area contributed by atoms with Crippen LogP contribution in [0.25, 0.3) is 21.5 Å². The van der Waals surface area contributed by atoms with E-state index in [1.165, 1.54) is 29.2 Å². The Labute approximate surface area is 174 Å². The van der Waals surface area contributed by atoms with Gasteiger partial charge in [-0.1, -0.05) is 53.7 Å². The maximum absolute atomic E-state index is 5.88. The second-order valence-electron chi connectivity index (χ2n) is 8.37. The zero-order chi connectivity index (χ0) is 19.4. The fourth-order valence-corrected chi connectivity index (χ4v) is 6.11. The average molecular weight is 402 g/mol. The molecule has 0 aliphatic carbocycles. The van der Waals surface area contributed by atoms with Crippen LogP contribution in [0.1, 0.15) is 42.6 Å². The zero-order valence-corrected chi connectivity index (χ0v) is 17.2. The highest BCUT2D eigenvalue weighted by atomic mass is 32.1. The van der Waals surface area contributed by atoms with E-state index in [9.17, 15) is 0 Å². The van der Waals surface area contributed by atoms with E-state index in [1.807, 2.05) is 6.07 Å². The topological polar surface area (TPSA) is 42.2 Å². The Morgan fingerprint density at radius 1 is 1.03 bits per heavy atom. The molecule has 2 saturated heterocycles. The quantitative estimate of drug-likeness (QED) is 0.443. The third-order valence-electron chi connectivity index (χ3n) is 6.94. The number of thiophene rings is 1. The van der Waals surface area contributed by atoms with E-state index in [1.54, 1.807) is 11.3 Å². The molecule has 146 valence electrons. The summed E-state index contributed by atoms with van der Waals surface area (Å²) in [4.78, 5) is 8.49. The molecule has 0 N–H and O–H groups in total. The smallest absolute Gasteiger partial charge is 0.232 e. The van der Waals surface area contributed by atoms with Gasteiger partial charge >= 0.3 is 0 Å². The van der Waals surface area contributed by atoms with Crippen LogP contribution in [-0.2, 0) is 0 Å². The van der Waals surface area contributed by atoms with Crippen LogP contribution < -0.4 is 0 Å². The lowest BCUT2D eigenvalue weighted by atomic mass is 9.75. The summed E-state index contributed by atoms with van der Waals surface area (Å²) >= 11 is 1.65. The number of likely N-dealkylation sites (N-methyl/N-ethyl adjacent to an activating group) is 1. The van der Waals surface area contributed by atoms with Gasteiger partial charge in [-0.3, -0.25) is 4.90 Å². The highest BCUT2D eigenvalue weighted by Gasteiger charge is 2.48. The summed E-state index contributed by atoms with van der Waals surface area (Å²) in [6.07, 6.45) is 3.60. The molecule has 5 heteroatoms. The van der Waals surface area contributed by atoms with Gasteiger partial charge in [-0.25, -0.2) is 0 Å². The molecule has 4 heterocycles. The summed E-state index contributed by atoms with van der Waals surface area (Å²) in [5, 5.41) is 8.98. The molecule has 4 nitrogen and oxygen atoms in total. The van der Waals surface area contributed by atoms with Crippen LogP contribution in [0, 0.1) is 0 Å². The van der Waals surface area contributed by atoms with Crippen molar-refractivity contribution in [3.8, 4) is 10.7 Å². The van der Waals surface area contributed by atoms with Crippen molar-refractivity contribution in [1.29, 1.82) is 0 Å². The van der Waals surface area contributed by atoms with Gasteiger partial charge in [0.1, 0.15) is 0 Å². The molecular weight excluding hydrogens is 378 g/mol. The Morgan fingerprint density at radius 2 is 1.93 bits per heavy atom. The van der Waals surface area contributed by atoms with Crippen LogP contribution >= 0.6 is 11.3 Å². The first-order valence-electron chi connectivity index (χ1n) is 10.4. The van der Waals surface area contributed by atoms with Crippen molar-refractivity contribution < 1.29 is 4.52 Å². The predicted octanol–water partition coefficient (Wildman–Crippen LogP) is 5.69. The molecule has 2 aliphatic heterocycles. The third kappa shape index (κ3) is 2.83. The van der Waals surface area contributed by atoms with Crippen molar-refractivity contribution in [2.45, 2.75) is 43.2 Å². The van der Waals surface area contributed by atoms with Crippen LogP contribution in [-0.4, -0.2) is 34.2 Å². The number of hydrogen-bond acceptors (Lipinski definition) is 5. The molecule has 2 fully saturated rings. The Hall–Kier alpha value is -2.50. The molecule has 2 bridgehead atoms. The first-order valence-corrected chi connectivity index (χ1v) is 11.2. The highest BCUT2D eigenvalue weighted by molar-refractivity contribution is 7.13. The molecule has 0 saturated carbocycles. The SMILES string of the molecule is CN1[C@H]2CC[C@@H]1[C@@H](c1nc(-c3cccs3)no1)[C@@H](c1ccc3ccccc3c1)C2. The van der Waals surface area contributed by atoms with Gasteiger partial charge in [0.25, 0.3) is 0 Å². The van der Waals surface area contributed by atoms with Crippen LogP contribution in [0.15, 0.2) is 64.5 Å². The van der Waals surface area contributed by atoms with Crippen molar-refractivity contribution in [3.63, 3.8) is 0 Å². The molecule has 2 aromatic heterocycles. The van der Waals surface area contributed by atoms with Gasteiger partial charge in [0.05, 0.1) is 10.8 Å². The molecule has 4 atom stereocenters. The number of nitrogens with zero attached hydrogens (tertiary/aromatic N) is 3. The number of hydrogen-bond donors (Lipinski definition) is 0. The second kappa shape index (κ2) is 6.78. The Morgan fingerprint density at radius 3 is 2.79 bits per heavy atom. The van der Waals surface area contributed by atoms with Crippen LogP contribution in [0.5, 0.6) is 0 Å². The molecule has 2 aliphatic rings. The maximum atomic E-state index is 5.88. The molecule has 0 spiro atoms. The van der Waals surface area contributed by atoms with Gasteiger partial charge in [-0.2, -0.15) is 4.98 Å². The number of benzene rings is 2. The Balaban J connectivity index is 1.43. The zero-order valence-electron chi connectivity index (χ0n) is 16.4. The van der Waals surface area contributed by atoms with Crippen LogP contribution in [0.3, 0.4) is 0 Å². The summed E-state index contributed by atoms with van der Waals surface area (Å²) in [5.74, 6) is 2.16. The van der Waals surface area contributed by atoms with Crippen molar-refractivity contribution >= 4 is 22.1 Å². The molecule has 0 radical (unpaired) electrons. The summed E-state index contributed by atoms with van der Waals surface area (Å²) in [7, 11) is 2.27. The first-order chi connectivity index (χ1) is 14.3. The number of piperidine rings is 1. The van der Waals surface area contributed by atoms with Crippen molar-refractivity contribution in [2.24, 2.45) is 0 Å². The average Bonchev–Trinajstić information content (AvgIpc) is 3.48. The Kier molecular flexibility index (Phi) is 4.06. The Bertz CT molecular complexity index is 1150. The van der Waals surface area contributed by atoms with Gasteiger partial charge in [0.15, 0.2) is 0 Å². The van der Waals surface area contributed by atoms with Gasteiger partial charge in [-0.05, 0) is 60.0 Å². The molecule has 0 unspecified atom stereocenters. The maximum Gasteiger partial charge on any atom is 0.232 e. The lowest BCUT2D eigenvalue weighted by Gasteiger charge is -2.41. The van der Waals surface area contributed by atoms with E-state index in [0.717, 1.165) is 23.0 Å². The minimum Gasteiger partial charge on any atom is -0.339 e. The number of aromatic nitrogens is 2. The van der Waals surface area contributed by atoms with Crippen molar-refractivity contribution in [1.82, 2.24) is 15.0 Å². The monoisotopic (exact) mass is 401 g/mol. The van der Waals surface area contributed by atoms with E-state index in [0.29, 0.717) is 18.0 Å². The van der Waals surface area contributed by atoms with E-state index < -0.39 is 0 Å². The van der Waals surface area contributed by atoms with E-state index in [4.69, 9.17) is 9.51 Å². The fourth-order valence-electron chi connectivity index (χ4n) is 5.46. The summed E-state index contributed by atoms with van der Waals surface area (Å²) in [6.45, 7) is 0. The largest absolute Gasteiger partial charge is 0.339 e. The van der Waals surface area contributed by atoms with Crippen molar-refractivity contribution in [2.75, 3.05) is 7.05 Å². The van der Waals surface area contributed by atoms with E-state index in [2.05, 4.69) is 71.0 Å². The molecule has 0 amide bonds.